The zero-order chi connectivity index (χ0) is 37.5. The molecule has 0 aromatic heterocycles. The minimum atomic E-state index is -3.62. The average molecular weight is 767 g/mol. The quantitative estimate of drug-likeness (QED) is 0.192. The molecule has 0 radical (unpaired) electrons. The molecule has 5 heterocycles. The third-order valence-electron chi connectivity index (χ3n) is 13.4. The van der Waals surface area contributed by atoms with Gasteiger partial charge in [0.05, 0.1) is 65.4 Å². The zero-order valence-electron chi connectivity index (χ0n) is 33.5. The second-order valence-corrected chi connectivity index (χ2v) is 31.0. The van der Waals surface area contributed by atoms with Crippen molar-refractivity contribution >= 4 is 26.5 Å². The molecule has 0 spiro atoms. The van der Waals surface area contributed by atoms with Gasteiger partial charge in [-0.1, -0.05) is 59.2 Å². The van der Waals surface area contributed by atoms with Gasteiger partial charge in [-0.05, 0) is 82.0 Å². The fourth-order valence-electron chi connectivity index (χ4n) is 7.95. The molecule has 6 rings (SSSR count). The topological polar surface area (TPSA) is 102 Å². The standard InChI is InChI=1S/C39H66O9SSi2/c1-24-14-16-26(17-15-24)49(40,41)36-33(45-36)22-31-34(48-51(12,13)38(6,7)8)23-39(9)35(44-31)19-18-27-32(46-39)21-29-30(43-27)20-28(25(2)42-29)47-50(10,11)37(3,4)5/h14-17,25,27-36H,18-23H2,1-13H3. The van der Waals surface area contributed by atoms with Gasteiger partial charge in [-0.25, -0.2) is 8.42 Å². The lowest BCUT2D eigenvalue weighted by Crippen LogP contribution is -2.61. The van der Waals surface area contributed by atoms with Crippen LogP contribution >= 0.6 is 0 Å². The van der Waals surface area contributed by atoms with Crippen LogP contribution in [0, 0.1) is 6.92 Å². The summed E-state index contributed by atoms with van der Waals surface area (Å²) in [6, 6.07) is 7.00. The van der Waals surface area contributed by atoms with Crippen molar-refractivity contribution in [2.24, 2.45) is 0 Å². The Bertz CT molecular complexity index is 1500. The van der Waals surface area contributed by atoms with Crippen LogP contribution in [0.25, 0.3) is 0 Å². The molecule has 5 saturated heterocycles. The highest BCUT2D eigenvalue weighted by molar-refractivity contribution is 7.92. The molecule has 0 saturated carbocycles. The molecule has 5 aliphatic heterocycles. The highest BCUT2D eigenvalue weighted by atomic mass is 32.2. The van der Waals surface area contributed by atoms with Crippen molar-refractivity contribution in [2.45, 2.75) is 214 Å². The number of fused-ring (bicyclic) bond motifs is 3. The van der Waals surface area contributed by atoms with Crippen molar-refractivity contribution in [3.8, 4) is 0 Å². The third-order valence-corrected chi connectivity index (χ3v) is 24.3. The first-order chi connectivity index (χ1) is 23.4. The van der Waals surface area contributed by atoms with E-state index in [9.17, 15) is 8.42 Å². The number of aryl methyl sites for hydroxylation is 1. The Balaban J connectivity index is 1.18. The van der Waals surface area contributed by atoms with Gasteiger partial charge in [-0.2, -0.15) is 0 Å². The van der Waals surface area contributed by atoms with E-state index in [2.05, 4.69) is 81.6 Å². The molecule has 5 aliphatic rings. The van der Waals surface area contributed by atoms with Crippen molar-refractivity contribution in [3.05, 3.63) is 29.8 Å². The molecular formula is C39H66O9SSi2. The van der Waals surface area contributed by atoms with E-state index in [0.29, 0.717) is 17.7 Å². The Hall–Kier alpha value is -0.676. The molecule has 9 nitrogen and oxygen atoms in total. The van der Waals surface area contributed by atoms with Gasteiger partial charge in [-0.3, -0.25) is 0 Å². The minimum absolute atomic E-state index is 0.00843. The molecule has 0 N–H and O–H groups in total. The van der Waals surface area contributed by atoms with E-state index in [4.69, 9.17) is 32.5 Å². The number of ether oxygens (including phenoxy) is 5. The van der Waals surface area contributed by atoms with E-state index in [1.54, 1.807) is 12.1 Å². The first-order valence-electron chi connectivity index (χ1n) is 19.4. The Labute approximate surface area is 310 Å². The summed E-state index contributed by atoms with van der Waals surface area (Å²) in [6.07, 6.45) is 2.88. The lowest BCUT2D eigenvalue weighted by Gasteiger charge is -2.52. The summed E-state index contributed by atoms with van der Waals surface area (Å²) in [4.78, 5) is 0.295. The Morgan fingerprint density at radius 1 is 0.765 bits per heavy atom. The molecule has 0 amide bonds. The van der Waals surface area contributed by atoms with Crippen LogP contribution in [0.5, 0.6) is 0 Å². The minimum Gasteiger partial charge on any atom is -0.411 e. The molecule has 12 heteroatoms. The molecular weight excluding hydrogens is 701 g/mol. The molecule has 1 aromatic carbocycles. The van der Waals surface area contributed by atoms with Crippen LogP contribution in [0.2, 0.25) is 36.3 Å². The van der Waals surface area contributed by atoms with Crippen LogP contribution in [-0.2, 0) is 42.4 Å². The number of sulfone groups is 1. The van der Waals surface area contributed by atoms with Crippen LogP contribution in [0.4, 0.5) is 0 Å². The highest BCUT2D eigenvalue weighted by Crippen LogP contribution is 2.49. The van der Waals surface area contributed by atoms with Gasteiger partial charge < -0.3 is 32.5 Å². The summed E-state index contributed by atoms with van der Waals surface area (Å²) in [5.41, 5.74) is -0.448. The number of rotatable bonds is 8. The van der Waals surface area contributed by atoms with Gasteiger partial charge >= 0.3 is 0 Å². The van der Waals surface area contributed by atoms with Gasteiger partial charge in [0.2, 0.25) is 9.84 Å². The zero-order valence-corrected chi connectivity index (χ0v) is 36.3. The van der Waals surface area contributed by atoms with Gasteiger partial charge in [0.15, 0.2) is 22.1 Å². The van der Waals surface area contributed by atoms with E-state index in [1.807, 2.05) is 19.1 Å². The number of hydrogen-bond donors (Lipinski definition) is 0. The van der Waals surface area contributed by atoms with E-state index >= 15 is 0 Å². The summed E-state index contributed by atoms with van der Waals surface area (Å²) in [5.74, 6) is 0. The predicted molar refractivity (Wildman–Crippen MR) is 204 cm³/mol. The fourth-order valence-corrected chi connectivity index (χ4v) is 12.3. The molecule has 5 fully saturated rings. The molecule has 290 valence electrons. The van der Waals surface area contributed by atoms with Crippen molar-refractivity contribution in [3.63, 3.8) is 0 Å². The van der Waals surface area contributed by atoms with E-state index in [0.717, 1.165) is 31.2 Å². The van der Waals surface area contributed by atoms with Gasteiger partial charge in [-0.15, -0.1) is 0 Å². The van der Waals surface area contributed by atoms with Crippen LogP contribution in [-0.4, -0.2) is 97.1 Å². The summed E-state index contributed by atoms with van der Waals surface area (Å²) < 4.78 is 74.6. The number of hydrogen-bond acceptors (Lipinski definition) is 9. The normalized spacial score (nSPS) is 39.4. The molecule has 12 unspecified atom stereocenters. The smallest absolute Gasteiger partial charge is 0.207 e. The van der Waals surface area contributed by atoms with Crippen molar-refractivity contribution in [1.29, 1.82) is 0 Å². The lowest BCUT2D eigenvalue weighted by molar-refractivity contribution is -0.277. The first kappa shape index (κ1) is 40.0. The van der Waals surface area contributed by atoms with Crippen molar-refractivity contribution in [1.82, 2.24) is 0 Å². The molecule has 51 heavy (non-hydrogen) atoms. The van der Waals surface area contributed by atoms with Crippen LogP contribution in [0.1, 0.15) is 99.5 Å². The monoisotopic (exact) mass is 766 g/mol. The second kappa shape index (κ2) is 13.8. The molecule has 1 aromatic rings. The summed E-state index contributed by atoms with van der Waals surface area (Å²) in [5, 5.41) is 0.111. The van der Waals surface area contributed by atoms with E-state index in [-0.39, 0.29) is 65.0 Å². The Morgan fingerprint density at radius 2 is 1.35 bits per heavy atom. The third kappa shape index (κ3) is 8.16. The van der Waals surface area contributed by atoms with E-state index in [1.165, 1.54) is 0 Å². The van der Waals surface area contributed by atoms with Gasteiger partial charge in [0.1, 0.15) is 6.10 Å². The lowest BCUT2D eigenvalue weighted by atomic mass is 9.83. The molecule has 0 aliphatic carbocycles. The van der Waals surface area contributed by atoms with Crippen LogP contribution in [0.15, 0.2) is 29.2 Å². The molecule has 12 atom stereocenters. The second-order valence-electron chi connectivity index (χ2n) is 19.4. The number of benzene rings is 1. The maximum atomic E-state index is 13.5. The Kier molecular flexibility index (Phi) is 10.8. The van der Waals surface area contributed by atoms with Gasteiger partial charge in [0, 0.05) is 25.7 Å². The number of epoxide rings is 1. The predicted octanol–water partition coefficient (Wildman–Crippen LogP) is 8.09. The summed E-state index contributed by atoms with van der Waals surface area (Å²) in [7, 11) is -7.82. The van der Waals surface area contributed by atoms with Crippen LogP contribution in [0.3, 0.4) is 0 Å². The van der Waals surface area contributed by atoms with Gasteiger partial charge in [0.25, 0.3) is 0 Å². The largest absolute Gasteiger partial charge is 0.411 e. The van der Waals surface area contributed by atoms with Crippen molar-refractivity contribution < 1.29 is 41.0 Å². The average Bonchev–Trinajstić information content (AvgIpc) is 3.79. The highest BCUT2D eigenvalue weighted by Gasteiger charge is 2.58. The maximum Gasteiger partial charge on any atom is 0.207 e. The van der Waals surface area contributed by atoms with Crippen LogP contribution < -0.4 is 0 Å². The van der Waals surface area contributed by atoms with Crippen molar-refractivity contribution in [2.75, 3.05) is 0 Å². The van der Waals surface area contributed by atoms with E-state index < -0.39 is 43.6 Å². The Morgan fingerprint density at radius 3 is 1.96 bits per heavy atom. The fraction of sp³-hybridized carbons (Fsp3) is 0.846. The summed E-state index contributed by atoms with van der Waals surface area (Å²) in [6.45, 7) is 29.0. The first-order valence-corrected chi connectivity index (χ1v) is 26.7. The SMILES string of the molecule is Cc1ccc(S(=O)(=O)C2OC2CC2OC3CCC4OC5CC(O[Si](C)(C)C(C)(C)C)C(C)OC5CC4OC3(C)CC2O[Si](C)(C)C(C)(C)C)cc1. The summed E-state index contributed by atoms with van der Waals surface area (Å²) >= 11 is 0. The maximum absolute atomic E-state index is 13.5. The molecule has 0 bridgehead atoms.